The average molecular weight is 497 g/mol. The number of benzene rings is 1. The van der Waals surface area contributed by atoms with Crippen molar-refractivity contribution < 1.29 is 4.39 Å². The van der Waals surface area contributed by atoms with Crippen LogP contribution in [0.15, 0.2) is 30.6 Å². The first-order valence-electron chi connectivity index (χ1n) is 11.2. The lowest BCUT2D eigenvalue weighted by Gasteiger charge is -2.27. The molecule has 0 atom stereocenters. The van der Waals surface area contributed by atoms with E-state index >= 15 is 0 Å². The molecule has 0 saturated heterocycles. The number of aromatic nitrogens is 4. The van der Waals surface area contributed by atoms with Crippen molar-refractivity contribution in [3.63, 3.8) is 0 Å². The monoisotopic (exact) mass is 496 g/mol. The van der Waals surface area contributed by atoms with Gasteiger partial charge in [0.1, 0.15) is 5.82 Å². The fraction of sp³-hybridized carbons (Fsp3) is 0.500. The first kappa shape index (κ1) is 25.3. The molecule has 11 heteroatoms. The summed E-state index contributed by atoms with van der Waals surface area (Å²) in [5, 5.41) is 3.49. The molecule has 3 aromatic rings. The van der Waals surface area contributed by atoms with E-state index in [1.54, 1.807) is 18.2 Å². The third kappa shape index (κ3) is 5.59. The third-order valence-corrected chi connectivity index (χ3v) is 6.43. The van der Waals surface area contributed by atoms with E-state index in [-0.39, 0.29) is 36.7 Å². The maximum atomic E-state index is 14.1. The van der Waals surface area contributed by atoms with E-state index < -0.39 is 0 Å². The zero-order valence-corrected chi connectivity index (χ0v) is 20.0. The Hall–Kier alpha value is -2.36. The molecule has 0 radical (unpaired) electrons. The van der Waals surface area contributed by atoms with Crippen LogP contribution >= 0.6 is 24.8 Å². The number of nitrogens with two attached hydrogens (primary N) is 1. The predicted molar refractivity (Wildman–Crippen MR) is 135 cm³/mol. The highest BCUT2D eigenvalue weighted by Gasteiger charge is 2.24. The van der Waals surface area contributed by atoms with Gasteiger partial charge in [-0.25, -0.2) is 9.37 Å². The van der Waals surface area contributed by atoms with Crippen molar-refractivity contribution in [2.45, 2.75) is 69.5 Å². The van der Waals surface area contributed by atoms with Gasteiger partial charge in [-0.2, -0.15) is 9.97 Å². The van der Waals surface area contributed by atoms with Crippen molar-refractivity contribution in [1.82, 2.24) is 19.5 Å². The van der Waals surface area contributed by atoms with Crippen molar-refractivity contribution in [2.24, 2.45) is 5.73 Å². The molecule has 2 aliphatic carbocycles. The second-order valence-electron chi connectivity index (χ2n) is 8.64. The van der Waals surface area contributed by atoms with Gasteiger partial charge >= 0.3 is 0 Å². The fourth-order valence-electron chi connectivity index (χ4n) is 4.65. The first-order chi connectivity index (χ1) is 15.2. The van der Waals surface area contributed by atoms with Crippen molar-refractivity contribution in [2.75, 3.05) is 16.2 Å². The largest absolute Gasteiger partial charge is 0.351 e. The van der Waals surface area contributed by atoms with E-state index in [0.29, 0.717) is 35.1 Å². The molecule has 33 heavy (non-hydrogen) atoms. The van der Waals surface area contributed by atoms with Crippen LogP contribution in [0, 0.1) is 5.82 Å². The minimum atomic E-state index is -0.339. The number of fused-ring (bicyclic) bond motifs is 1. The lowest BCUT2D eigenvalue weighted by Crippen LogP contribution is -2.33. The summed E-state index contributed by atoms with van der Waals surface area (Å²) in [6, 6.07) is 7.51. The van der Waals surface area contributed by atoms with Crippen LogP contribution in [0.2, 0.25) is 0 Å². The Morgan fingerprint density at radius 3 is 2.39 bits per heavy atom. The molecule has 0 aliphatic heterocycles. The van der Waals surface area contributed by atoms with Crippen LogP contribution in [0.4, 0.5) is 21.8 Å². The Bertz CT molecular complexity index is 1050. The third-order valence-electron chi connectivity index (χ3n) is 6.43. The van der Waals surface area contributed by atoms with Crippen molar-refractivity contribution in [3.05, 3.63) is 36.4 Å². The molecular weight excluding hydrogens is 466 g/mol. The Labute approximate surface area is 205 Å². The highest BCUT2D eigenvalue weighted by Crippen LogP contribution is 2.33. The zero-order chi connectivity index (χ0) is 21.2. The number of halogens is 3. The average Bonchev–Trinajstić information content (AvgIpc) is 3.44. The fourth-order valence-corrected chi connectivity index (χ4v) is 4.65. The molecule has 8 nitrogen and oxygen atoms in total. The van der Waals surface area contributed by atoms with Gasteiger partial charge in [0.15, 0.2) is 17.0 Å². The van der Waals surface area contributed by atoms with Gasteiger partial charge < -0.3 is 15.6 Å². The number of anilines is 3. The Balaban J connectivity index is 0.00000153. The van der Waals surface area contributed by atoms with E-state index in [1.165, 1.54) is 18.9 Å². The smallest absolute Gasteiger partial charge is 0.227 e. The number of nitrogens with zero attached hydrogens (tertiary/aromatic N) is 4. The number of hydrogen-bond acceptors (Lipinski definition) is 7. The molecule has 2 heterocycles. The standard InChI is InChI=1S/C22H29FN8.2ClH/c23-17-7-3-4-8-18(17)29-30-20-19-21(31(13-25-19)16-5-1-2-6-16)28-22(27-20)26-15-11-9-14(24)10-12-15;;/h3-4,7-8,13-16,29H,1-2,5-6,9-12,24H2,(H2,26,27,28,30);2*1H. The second kappa shape index (κ2) is 11.2. The highest BCUT2D eigenvalue weighted by molar-refractivity contribution is 5.86. The van der Waals surface area contributed by atoms with E-state index in [1.807, 2.05) is 6.33 Å². The van der Waals surface area contributed by atoms with Gasteiger partial charge in [-0.3, -0.25) is 10.9 Å². The summed E-state index contributed by atoms with van der Waals surface area (Å²) < 4.78 is 16.2. The molecular formula is C22H31Cl2FN8. The number of hydrazine groups is 1. The first-order valence-corrected chi connectivity index (χ1v) is 11.2. The number of imidazole rings is 1. The van der Waals surface area contributed by atoms with E-state index in [4.69, 9.17) is 10.7 Å². The molecule has 1 aromatic carbocycles. The highest BCUT2D eigenvalue weighted by atomic mass is 35.5. The van der Waals surface area contributed by atoms with Crippen LogP contribution in [-0.4, -0.2) is 31.6 Å². The molecule has 5 rings (SSSR count). The molecule has 0 bridgehead atoms. The lowest BCUT2D eigenvalue weighted by atomic mass is 9.92. The maximum Gasteiger partial charge on any atom is 0.227 e. The molecule has 0 unspecified atom stereocenters. The molecule has 2 aromatic heterocycles. The van der Waals surface area contributed by atoms with Crippen LogP contribution in [0.1, 0.15) is 57.4 Å². The van der Waals surface area contributed by atoms with Crippen LogP contribution in [-0.2, 0) is 0 Å². The topological polar surface area (TPSA) is 106 Å². The Morgan fingerprint density at radius 2 is 1.67 bits per heavy atom. The van der Waals surface area contributed by atoms with Crippen molar-refractivity contribution >= 4 is 53.4 Å². The summed E-state index contributed by atoms with van der Waals surface area (Å²) in [4.78, 5) is 14.1. The van der Waals surface area contributed by atoms with Gasteiger partial charge in [0.05, 0.1) is 12.0 Å². The normalized spacial score (nSPS) is 20.7. The number of nitrogens with one attached hydrogen (secondary N) is 3. The molecule has 2 saturated carbocycles. The van der Waals surface area contributed by atoms with Crippen molar-refractivity contribution in [1.29, 1.82) is 0 Å². The zero-order valence-electron chi connectivity index (χ0n) is 18.3. The van der Waals surface area contributed by atoms with Gasteiger partial charge in [-0.15, -0.1) is 24.8 Å². The van der Waals surface area contributed by atoms with E-state index in [2.05, 4.69) is 30.7 Å². The summed E-state index contributed by atoms with van der Waals surface area (Å²) in [5.74, 6) is 0.749. The Kier molecular flexibility index (Phi) is 8.56. The van der Waals surface area contributed by atoms with E-state index in [9.17, 15) is 4.39 Å². The van der Waals surface area contributed by atoms with E-state index in [0.717, 1.165) is 44.2 Å². The molecule has 2 fully saturated rings. The van der Waals surface area contributed by atoms with Crippen LogP contribution in [0.25, 0.3) is 11.2 Å². The van der Waals surface area contributed by atoms with Crippen LogP contribution in [0.5, 0.6) is 0 Å². The summed E-state index contributed by atoms with van der Waals surface area (Å²) in [6.07, 6.45) is 10.6. The lowest BCUT2D eigenvalue weighted by molar-refractivity contribution is 0.410. The summed E-state index contributed by atoms with van der Waals surface area (Å²) in [5.41, 5.74) is 13.9. The van der Waals surface area contributed by atoms with Gasteiger partial charge in [-0.1, -0.05) is 25.0 Å². The van der Waals surface area contributed by atoms with Crippen LogP contribution in [0.3, 0.4) is 0 Å². The van der Waals surface area contributed by atoms with Crippen molar-refractivity contribution in [3.8, 4) is 0 Å². The van der Waals surface area contributed by atoms with Gasteiger partial charge in [0.25, 0.3) is 0 Å². The quantitative estimate of drug-likeness (QED) is 0.354. The van der Waals surface area contributed by atoms with Crippen LogP contribution < -0.4 is 21.9 Å². The number of rotatable bonds is 6. The Morgan fingerprint density at radius 1 is 0.939 bits per heavy atom. The number of para-hydroxylation sites is 1. The number of hydrogen-bond donors (Lipinski definition) is 4. The van der Waals surface area contributed by atoms with Gasteiger partial charge in [-0.05, 0) is 50.7 Å². The summed E-state index contributed by atoms with van der Waals surface area (Å²) in [7, 11) is 0. The molecule has 5 N–H and O–H groups in total. The SMILES string of the molecule is Cl.Cl.NC1CCC(Nc2nc(NNc3ccccc3F)c3ncn(C4CCCC4)c3n2)CC1. The minimum Gasteiger partial charge on any atom is -0.351 e. The predicted octanol–water partition coefficient (Wildman–Crippen LogP) is 5.04. The molecule has 0 spiro atoms. The van der Waals surface area contributed by atoms with Gasteiger partial charge in [0, 0.05) is 18.1 Å². The summed E-state index contributed by atoms with van der Waals surface area (Å²) >= 11 is 0. The second-order valence-corrected chi connectivity index (χ2v) is 8.64. The molecule has 180 valence electrons. The summed E-state index contributed by atoms with van der Waals surface area (Å²) in [6.45, 7) is 0. The minimum absolute atomic E-state index is 0. The van der Waals surface area contributed by atoms with Gasteiger partial charge in [0.2, 0.25) is 5.95 Å². The molecule has 2 aliphatic rings. The molecule has 0 amide bonds. The maximum absolute atomic E-state index is 14.1.